The fraction of sp³-hybridized carbons (Fsp3) is 0.385. The molecular formula is C13H18O2. The highest BCUT2D eigenvalue weighted by atomic mass is 16.5. The molecule has 1 unspecified atom stereocenters. The van der Waals surface area contributed by atoms with Gasteiger partial charge in [0.1, 0.15) is 0 Å². The minimum atomic E-state index is -0.529. The molecule has 0 aliphatic carbocycles. The summed E-state index contributed by atoms with van der Waals surface area (Å²) in [5.74, 6) is 0. The average molecular weight is 206 g/mol. The Hall–Kier alpha value is -1.12. The molecule has 2 nitrogen and oxygen atoms in total. The zero-order valence-electron chi connectivity index (χ0n) is 9.26. The van der Waals surface area contributed by atoms with Crippen LogP contribution in [0.3, 0.4) is 0 Å². The minimum absolute atomic E-state index is 0.179. The molecule has 1 rings (SSSR count). The van der Waals surface area contributed by atoms with Crippen LogP contribution in [0.1, 0.15) is 19.4 Å². The maximum absolute atomic E-state index is 9.58. The van der Waals surface area contributed by atoms with Gasteiger partial charge in [0, 0.05) is 0 Å². The van der Waals surface area contributed by atoms with Crippen LogP contribution in [0.2, 0.25) is 0 Å². The molecule has 2 atom stereocenters. The second kappa shape index (κ2) is 6.38. The summed E-state index contributed by atoms with van der Waals surface area (Å²) in [6.45, 7) is 4.29. The van der Waals surface area contributed by atoms with Crippen LogP contribution in [0.25, 0.3) is 0 Å². The first-order chi connectivity index (χ1) is 7.24. The number of aliphatic hydroxyl groups is 1. The van der Waals surface area contributed by atoms with Crippen LogP contribution in [0.5, 0.6) is 0 Å². The van der Waals surface area contributed by atoms with Crippen molar-refractivity contribution in [3.8, 4) is 0 Å². The third kappa shape index (κ3) is 4.28. The second-order valence-corrected chi connectivity index (χ2v) is 3.52. The van der Waals surface area contributed by atoms with E-state index in [9.17, 15) is 5.11 Å². The highest BCUT2D eigenvalue weighted by Gasteiger charge is 2.10. The number of benzene rings is 1. The van der Waals surface area contributed by atoms with E-state index in [0.29, 0.717) is 6.61 Å². The van der Waals surface area contributed by atoms with Gasteiger partial charge in [-0.05, 0) is 19.4 Å². The zero-order chi connectivity index (χ0) is 11.1. The van der Waals surface area contributed by atoms with Crippen LogP contribution in [0.4, 0.5) is 0 Å². The van der Waals surface area contributed by atoms with Crippen molar-refractivity contribution >= 4 is 0 Å². The summed E-state index contributed by atoms with van der Waals surface area (Å²) in [7, 11) is 0. The van der Waals surface area contributed by atoms with Crippen molar-refractivity contribution in [1.29, 1.82) is 0 Å². The van der Waals surface area contributed by atoms with Gasteiger partial charge in [-0.2, -0.15) is 0 Å². The van der Waals surface area contributed by atoms with Crippen LogP contribution in [0.15, 0.2) is 42.5 Å². The highest BCUT2D eigenvalue weighted by molar-refractivity contribution is 5.13. The molecule has 0 saturated carbocycles. The van der Waals surface area contributed by atoms with Crippen LogP contribution >= 0.6 is 0 Å². The predicted molar refractivity (Wildman–Crippen MR) is 61.5 cm³/mol. The summed E-state index contributed by atoms with van der Waals surface area (Å²) in [4.78, 5) is 0. The van der Waals surface area contributed by atoms with E-state index in [4.69, 9.17) is 4.74 Å². The topological polar surface area (TPSA) is 29.5 Å². The fourth-order valence-electron chi connectivity index (χ4n) is 1.25. The highest BCUT2D eigenvalue weighted by Crippen LogP contribution is 2.06. The number of allylic oxidation sites excluding steroid dienone is 1. The van der Waals surface area contributed by atoms with Gasteiger partial charge in [-0.15, -0.1) is 0 Å². The lowest BCUT2D eigenvalue weighted by atomic mass is 10.2. The van der Waals surface area contributed by atoms with Gasteiger partial charge in [0.05, 0.1) is 18.8 Å². The van der Waals surface area contributed by atoms with E-state index >= 15 is 0 Å². The van der Waals surface area contributed by atoms with Crippen molar-refractivity contribution in [2.75, 3.05) is 0 Å². The molecule has 1 aromatic rings. The lowest BCUT2D eigenvalue weighted by Gasteiger charge is -2.16. The molecule has 0 aliphatic rings. The Labute approximate surface area is 91.2 Å². The molecule has 0 fully saturated rings. The van der Waals surface area contributed by atoms with E-state index in [1.54, 1.807) is 6.08 Å². The zero-order valence-corrected chi connectivity index (χ0v) is 9.26. The Morgan fingerprint density at radius 1 is 1.33 bits per heavy atom. The molecule has 15 heavy (non-hydrogen) atoms. The monoisotopic (exact) mass is 206 g/mol. The summed E-state index contributed by atoms with van der Waals surface area (Å²) < 4.78 is 5.54. The summed E-state index contributed by atoms with van der Waals surface area (Å²) in [5.41, 5.74) is 1.12. The molecule has 0 aliphatic heterocycles. The van der Waals surface area contributed by atoms with Crippen LogP contribution < -0.4 is 0 Å². The van der Waals surface area contributed by atoms with Gasteiger partial charge in [0.25, 0.3) is 0 Å². The van der Waals surface area contributed by atoms with E-state index in [-0.39, 0.29) is 6.10 Å². The summed E-state index contributed by atoms with van der Waals surface area (Å²) in [6.07, 6.45) is 2.85. The molecule has 2 heteroatoms. The Morgan fingerprint density at radius 2 is 2.00 bits per heavy atom. The van der Waals surface area contributed by atoms with Gasteiger partial charge in [0.2, 0.25) is 0 Å². The maximum atomic E-state index is 9.58. The number of hydrogen-bond donors (Lipinski definition) is 1. The van der Waals surface area contributed by atoms with E-state index < -0.39 is 6.10 Å². The first-order valence-electron chi connectivity index (χ1n) is 5.20. The Bertz CT molecular complexity index is 293. The SMILES string of the molecule is CC=CC(O)[C@H](C)OCc1ccccc1. The van der Waals surface area contributed by atoms with Gasteiger partial charge < -0.3 is 9.84 Å². The first kappa shape index (κ1) is 12.0. The van der Waals surface area contributed by atoms with Crippen molar-refractivity contribution in [3.63, 3.8) is 0 Å². The van der Waals surface area contributed by atoms with Gasteiger partial charge >= 0.3 is 0 Å². The van der Waals surface area contributed by atoms with Crippen molar-refractivity contribution in [2.45, 2.75) is 32.7 Å². The molecule has 0 spiro atoms. The fourth-order valence-corrected chi connectivity index (χ4v) is 1.25. The van der Waals surface area contributed by atoms with Crippen molar-refractivity contribution < 1.29 is 9.84 Å². The van der Waals surface area contributed by atoms with Crippen molar-refractivity contribution in [3.05, 3.63) is 48.0 Å². The standard InChI is InChI=1S/C13H18O2/c1-3-7-13(14)11(2)15-10-12-8-5-4-6-9-12/h3-9,11,13-14H,10H2,1-2H3/t11-,13?/m0/s1. The molecule has 0 aromatic heterocycles. The third-order valence-corrected chi connectivity index (χ3v) is 2.23. The molecule has 0 bridgehead atoms. The summed E-state index contributed by atoms with van der Waals surface area (Å²) >= 11 is 0. The minimum Gasteiger partial charge on any atom is -0.386 e. The largest absolute Gasteiger partial charge is 0.386 e. The normalized spacial score (nSPS) is 15.4. The number of hydrogen-bond acceptors (Lipinski definition) is 2. The first-order valence-corrected chi connectivity index (χ1v) is 5.20. The number of ether oxygens (including phenoxy) is 1. The molecule has 1 N–H and O–H groups in total. The van der Waals surface area contributed by atoms with E-state index in [0.717, 1.165) is 5.56 Å². The van der Waals surface area contributed by atoms with Gasteiger partial charge in [0.15, 0.2) is 0 Å². The smallest absolute Gasteiger partial charge is 0.0979 e. The van der Waals surface area contributed by atoms with Crippen molar-refractivity contribution in [1.82, 2.24) is 0 Å². The van der Waals surface area contributed by atoms with Gasteiger partial charge in [-0.3, -0.25) is 0 Å². The maximum Gasteiger partial charge on any atom is 0.0979 e. The van der Waals surface area contributed by atoms with E-state index in [1.807, 2.05) is 50.3 Å². The quantitative estimate of drug-likeness (QED) is 0.750. The number of aliphatic hydroxyl groups excluding tert-OH is 1. The summed E-state index contributed by atoms with van der Waals surface area (Å²) in [6, 6.07) is 9.95. The van der Waals surface area contributed by atoms with Crippen LogP contribution in [-0.4, -0.2) is 17.3 Å². The third-order valence-electron chi connectivity index (χ3n) is 2.23. The lowest BCUT2D eigenvalue weighted by molar-refractivity contribution is -0.0153. The molecule has 0 amide bonds. The van der Waals surface area contributed by atoms with E-state index in [1.165, 1.54) is 0 Å². The number of rotatable bonds is 5. The predicted octanol–water partition coefficient (Wildman–Crippen LogP) is 2.53. The van der Waals surface area contributed by atoms with E-state index in [2.05, 4.69) is 0 Å². The van der Waals surface area contributed by atoms with Gasteiger partial charge in [-0.1, -0.05) is 42.5 Å². The van der Waals surface area contributed by atoms with Crippen LogP contribution in [0, 0.1) is 0 Å². The van der Waals surface area contributed by atoms with Gasteiger partial charge in [-0.25, -0.2) is 0 Å². The molecule has 0 saturated heterocycles. The Kier molecular flexibility index (Phi) is 5.08. The van der Waals surface area contributed by atoms with Crippen LogP contribution in [-0.2, 0) is 11.3 Å². The Morgan fingerprint density at radius 3 is 2.60 bits per heavy atom. The molecular weight excluding hydrogens is 188 g/mol. The lowest BCUT2D eigenvalue weighted by Crippen LogP contribution is -2.23. The molecule has 0 heterocycles. The second-order valence-electron chi connectivity index (χ2n) is 3.52. The Balaban J connectivity index is 2.37. The average Bonchev–Trinajstić information content (AvgIpc) is 2.27. The molecule has 0 radical (unpaired) electrons. The van der Waals surface area contributed by atoms with Crippen molar-refractivity contribution in [2.24, 2.45) is 0 Å². The summed E-state index contributed by atoms with van der Waals surface area (Å²) in [5, 5.41) is 9.58. The molecule has 82 valence electrons. The molecule has 1 aromatic carbocycles.